The number of pyridine rings is 1. The molecule has 1 aliphatic heterocycles. The maximum atomic E-state index is 4.58. The van der Waals surface area contributed by atoms with Gasteiger partial charge in [-0.1, -0.05) is 54.6 Å². The molecule has 0 amide bonds. The van der Waals surface area contributed by atoms with Crippen LogP contribution in [0.5, 0.6) is 0 Å². The van der Waals surface area contributed by atoms with E-state index in [1.54, 1.807) is 0 Å². The van der Waals surface area contributed by atoms with Gasteiger partial charge in [0.2, 0.25) is 0 Å². The summed E-state index contributed by atoms with van der Waals surface area (Å²) in [5.41, 5.74) is 5.95. The third-order valence-electron chi connectivity index (χ3n) is 4.90. The molecule has 3 heteroatoms. The second-order valence-electron chi connectivity index (χ2n) is 6.63. The predicted octanol–water partition coefficient (Wildman–Crippen LogP) is 4.17. The molecule has 0 bridgehead atoms. The van der Waals surface area contributed by atoms with Crippen LogP contribution in [0.15, 0.2) is 72.9 Å². The zero-order valence-corrected chi connectivity index (χ0v) is 14.6. The van der Waals surface area contributed by atoms with Crippen LogP contribution >= 0.6 is 0 Å². The van der Waals surface area contributed by atoms with Gasteiger partial charge in [-0.3, -0.25) is 4.98 Å². The van der Waals surface area contributed by atoms with E-state index in [1.807, 2.05) is 12.3 Å². The normalized spacial score (nSPS) is 15.3. The van der Waals surface area contributed by atoms with Crippen molar-refractivity contribution in [2.45, 2.75) is 0 Å². The predicted molar refractivity (Wildman–Crippen MR) is 105 cm³/mol. The number of likely N-dealkylation sites (N-methyl/N-ethyl adjacent to an activating group) is 1. The number of nitrogens with zero attached hydrogens (tertiary/aromatic N) is 3. The molecule has 3 aromatic rings. The summed E-state index contributed by atoms with van der Waals surface area (Å²) in [6, 6.07) is 23.5. The van der Waals surface area contributed by atoms with Gasteiger partial charge in [0.05, 0.1) is 5.69 Å². The summed E-state index contributed by atoms with van der Waals surface area (Å²) >= 11 is 0. The zero-order chi connectivity index (χ0) is 17.1. The van der Waals surface area contributed by atoms with Crippen LogP contribution in [-0.2, 0) is 0 Å². The van der Waals surface area contributed by atoms with E-state index in [1.165, 1.54) is 16.8 Å². The van der Waals surface area contributed by atoms with E-state index >= 15 is 0 Å². The molecule has 0 saturated carbocycles. The summed E-state index contributed by atoms with van der Waals surface area (Å²) in [6.45, 7) is 4.38. The Labute approximate surface area is 149 Å². The van der Waals surface area contributed by atoms with Crippen LogP contribution in [0.2, 0.25) is 0 Å². The molecule has 0 atom stereocenters. The number of aromatic nitrogens is 1. The first-order valence-electron chi connectivity index (χ1n) is 8.85. The highest BCUT2D eigenvalue weighted by Crippen LogP contribution is 2.26. The Hall–Kier alpha value is -2.65. The lowest BCUT2D eigenvalue weighted by atomic mass is 10.0. The highest BCUT2D eigenvalue weighted by molar-refractivity contribution is 5.70. The number of hydrogen-bond acceptors (Lipinski definition) is 3. The van der Waals surface area contributed by atoms with Crippen molar-refractivity contribution in [1.82, 2.24) is 9.88 Å². The summed E-state index contributed by atoms with van der Waals surface area (Å²) in [4.78, 5) is 9.41. The summed E-state index contributed by atoms with van der Waals surface area (Å²) in [5.74, 6) is 0. The van der Waals surface area contributed by atoms with E-state index in [2.05, 4.69) is 82.5 Å². The highest BCUT2D eigenvalue weighted by Gasteiger charge is 2.14. The number of rotatable bonds is 3. The van der Waals surface area contributed by atoms with Crippen molar-refractivity contribution < 1.29 is 0 Å². The van der Waals surface area contributed by atoms with Gasteiger partial charge in [-0.2, -0.15) is 0 Å². The van der Waals surface area contributed by atoms with Gasteiger partial charge in [-0.05, 0) is 30.3 Å². The lowest BCUT2D eigenvalue weighted by molar-refractivity contribution is 0.313. The van der Waals surface area contributed by atoms with Gasteiger partial charge in [-0.25, -0.2) is 0 Å². The standard InChI is InChI=1S/C22H23N3/c1-24-13-15-25(16-14-24)21-11-12-23-22(17-21)20-9-7-19(8-10-20)18-5-3-2-4-6-18/h2-12,17H,13-16H2,1H3. The van der Waals surface area contributed by atoms with Crippen LogP contribution in [-0.4, -0.2) is 43.1 Å². The minimum absolute atomic E-state index is 1.04. The summed E-state index contributed by atoms with van der Waals surface area (Å²) in [7, 11) is 2.18. The summed E-state index contributed by atoms with van der Waals surface area (Å²) < 4.78 is 0. The molecule has 0 N–H and O–H groups in total. The molecule has 3 nitrogen and oxygen atoms in total. The molecule has 0 spiro atoms. The van der Waals surface area contributed by atoms with Crippen LogP contribution in [0.25, 0.3) is 22.4 Å². The van der Waals surface area contributed by atoms with Gasteiger partial charge >= 0.3 is 0 Å². The Morgan fingerprint density at radius 3 is 2.08 bits per heavy atom. The van der Waals surface area contributed by atoms with E-state index in [0.29, 0.717) is 0 Å². The van der Waals surface area contributed by atoms with Crippen molar-refractivity contribution in [2.24, 2.45) is 0 Å². The maximum absolute atomic E-state index is 4.58. The second kappa shape index (κ2) is 7.08. The Bertz CT molecular complexity index is 819. The second-order valence-corrected chi connectivity index (χ2v) is 6.63. The van der Waals surface area contributed by atoms with Crippen molar-refractivity contribution >= 4 is 5.69 Å². The minimum Gasteiger partial charge on any atom is -0.369 e. The van der Waals surface area contributed by atoms with Crippen LogP contribution in [0.3, 0.4) is 0 Å². The quantitative estimate of drug-likeness (QED) is 0.719. The first kappa shape index (κ1) is 15.9. The molecule has 1 saturated heterocycles. The molecule has 2 heterocycles. The molecule has 0 unspecified atom stereocenters. The number of piperazine rings is 1. The zero-order valence-electron chi connectivity index (χ0n) is 14.6. The fourth-order valence-electron chi connectivity index (χ4n) is 3.30. The average molecular weight is 329 g/mol. The topological polar surface area (TPSA) is 19.4 Å². The third-order valence-corrected chi connectivity index (χ3v) is 4.90. The maximum Gasteiger partial charge on any atom is 0.0722 e. The summed E-state index contributed by atoms with van der Waals surface area (Å²) in [5, 5.41) is 0. The van der Waals surface area contributed by atoms with E-state index in [9.17, 15) is 0 Å². The minimum atomic E-state index is 1.04. The molecule has 126 valence electrons. The largest absolute Gasteiger partial charge is 0.369 e. The fourth-order valence-corrected chi connectivity index (χ4v) is 3.30. The van der Waals surface area contributed by atoms with Gasteiger partial charge in [0, 0.05) is 43.6 Å². The Balaban J connectivity index is 1.57. The van der Waals surface area contributed by atoms with Crippen molar-refractivity contribution in [3.05, 3.63) is 72.9 Å². The molecule has 1 fully saturated rings. The molecule has 1 aromatic heterocycles. The average Bonchev–Trinajstić information content (AvgIpc) is 2.69. The van der Waals surface area contributed by atoms with Crippen LogP contribution in [0, 0.1) is 0 Å². The molecule has 4 rings (SSSR count). The van der Waals surface area contributed by atoms with Crippen LogP contribution in [0.1, 0.15) is 0 Å². The number of benzene rings is 2. The van der Waals surface area contributed by atoms with Gasteiger partial charge < -0.3 is 9.80 Å². The molecule has 0 aliphatic carbocycles. The molecule has 2 aromatic carbocycles. The Morgan fingerprint density at radius 1 is 0.720 bits per heavy atom. The molecule has 1 aliphatic rings. The monoisotopic (exact) mass is 329 g/mol. The van der Waals surface area contributed by atoms with E-state index in [0.717, 1.165) is 37.4 Å². The summed E-state index contributed by atoms with van der Waals surface area (Å²) in [6.07, 6.45) is 1.92. The van der Waals surface area contributed by atoms with Crippen molar-refractivity contribution in [2.75, 3.05) is 38.1 Å². The van der Waals surface area contributed by atoms with Crippen LogP contribution in [0.4, 0.5) is 5.69 Å². The smallest absolute Gasteiger partial charge is 0.0722 e. The van der Waals surface area contributed by atoms with Gasteiger partial charge in [0.1, 0.15) is 0 Å². The van der Waals surface area contributed by atoms with Crippen molar-refractivity contribution in [1.29, 1.82) is 0 Å². The molecule has 25 heavy (non-hydrogen) atoms. The Morgan fingerprint density at radius 2 is 1.36 bits per heavy atom. The van der Waals surface area contributed by atoms with Crippen LogP contribution < -0.4 is 4.90 Å². The fraction of sp³-hybridized carbons (Fsp3) is 0.227. The van der Waals surface area contributed by atoms with E-state index in [-0.39, 0.29) is 0 Å². The van der Waals surface area contributed by atoms with E-state index in [4.69, 9.17) is 0 Å². The molecular formula is C22H23N3. The SMILES string of the molecule is CN1CCN(c2ccnc(-c3ccc(-c4ccccc4)cc3)c2)CC1. The lowest BCUT2D eigenvalue weighted by Crippen LogP contribution is -2.44. The first-order chi connectivity index (χ1) is 12.3. The highest BCUT2D eigenvalue weighted by atomic mass is 15.2. The van der Waals surface area contributed by atoms with Crippen molar-refractivity contribution in [3.63, 3.8) is 0 Å². The van der Waals surface area contributed by atoms with Gasteiger partial charge in [0.15, 0.2) is 0 Å². The van der Waals surface area contributed by atoms with Crippen molar-refractivity contribution in [3.8, 4) is 22.4 Å². The lowest BCUT2D eigenvalue weighted by Gasteiger charge is -2.34. The van der Waals surface area contributed by atoms with Gasteiger partial charge in [0.25, 0.3) is 0 Å². The Kier molecular flexibility index (Phi) is 4.49. The third kappa shape index (κ3) is 3.57. The van der Waals surface area contributed by atoms with Gasteiger partial charge in [-0.15, -0.1) is 0 Å². The first-order valence-corrected chi connectivity index (χ1v) is 8.85. The number of hydrogen-bond donors (Lipinski definition) is 0. The van der Waals surface area contributed by atoms with E-state index < -0.39 is 0 Å². The number of anilines is 1. The molecule has 0 radical (unpaired) electrons. The molecular weight excluding hydrogens is 306 g/mol.